The summed E-state index contributed by atoms with van der Waals surface area (Å²) < 4.78 is 0. The van der Waals surface area contributed by atoms with Crippen molar-refractivity contribution < 1.29 is 5.11 Å². The van der Waals surface area contributed by atoms with E-state index in [1.165, 1.54) is 19.5 Å². The highest BCUT2D eigenvalue weighted by Gasteiger charge is 2.38. The normalized spacial score (nSPS) is 39.8. The predicted molar refractivity (Wildman–Crippen MR) is 44.4 cm³/mol. The fourth-order valence-corrected chi connectivity index (χ4v) is 2.02. The molecule has 0 amide bonds. The fraction of sp³-hybridized carbons (Fsp3) is 1.00. The van der Waals surface area contributed by atoms with Gasteiger partial charge in [-0.1, -0.05) is 13.3 Å². The van der Waals surface area contributed by atoms with Gasteiger partial charge in [0.25, 0.3) is 0 Å². The van der Waals surface area contributed by atoms with Crippen LogP contribution in [0.2, 0.25) is 0 Å². The third-order valence-electron chi connectivity index (χ3n) is 3.17. The van der Waals surface area contributed by atoms with Crippen molar-refractivity contribution in [1.82, 2.24) is 4.90 Å². The summed E-state index contributed by atoms with van der Waals surface area (Å²) in [4.78, 5) is 2.51. The molecular formula is C9H17NO. The van der Waals surface area contributed by atoms with E-state index in [1.54, 1.807) is 0 Å². The van der Waals surface area contributed by atoms with E-state index in [1.807, 2.05) is 0 Å². The number of aliphatic hydroxyl groups excluding tert-OH is 1. The lowest BCUT2D eigenvalue weighted by molar-refractivity contribution is -0.0478. The SMILES string of the molecule is CCC1CN(C2CC(O)C2)C1. The zero-order valence-corrected chi connectivity index (χ0v) is 7.16. The lowest BCUT2D eigenvalue weighted by Gasteiger charge is -2.49. The predicted octanol–water partition coefficient (Wildman–Crippen LogP) is 0.851. The summed E-state index contributed by atoms with van der Waals surface area (Å²) in [5, 5.41) is 9.08. The molecule has 11 heavy (non-hydrogen) atoms. The maximum absolute atomic E-state index is 9.08. The van der Waals surface area contributed by atoms with Crippen LogP contribution in [0.1, 0.15) is 26.2 Å². The van der Waals surface area contributed by atoms with Crippen LogP contribution in [0.25, 0.3) is 0 Å². The standard InChI is InChI=1S/C9H17NO/c1-2-7-5-10(6-7)8-3-9(11)4-8/h7-9,11H,2-6H2,1H3. The molecule has 0 unspecified atom stereocenters. The molecule has 2 nitrogen and oxygen atoms in total. The van der Waals surface area contributed by atoms with Gasteiger partial charge in [0.05, 0.1) is 6.10 Å². The van der Waals surface area contributed by atoms with Gasteiger partial charge < -0.3 is 5.11 Å². The third-order valence-corrected chi connectivity index (χ3v) is 3.17. The molecule has 2 rings (SSSR count). The van der Waals surface area contributed by atoms with Crippen molar-refractivity contribution >= 4 is 0 Å². The van der Waals surface area contributed by atoms with E-state index >= 15 is 0 Å². The number of hydrogen-bond acceptors (Lipinski definition) is 2. The number of aliphatic hydroxyl groups is 1. The summed E-state index contributed by atoms with van der Waals surface area (Å²) in [6.07, 6.45) is 3.39. The van der Waals surface area contributed by atoms with E-state index in [-0.39, 0.29) is 6.10 Å². The molecular weight excluding hydrogens is 138 g/mol. The third kappa shape index (κ3) is 1.30. The molecule has 2 aliphatic rings. The molecule has 64 valence electrons. The first-order chi connectivity index (χ1) is 5.29. The summed E-state index contributed by atoms with van der Waals surface area (Å²) in [5.41, 5.74) is 0. The summed E-state index contributed by atoms with van der Waals surface area (Å²) in [7, 11) is 0. The van der Waals surface area contributed by atoms with E-state index in [9.17, 15) is 0 Å². The summed E-state index contributed by atoms with van der Waals surface area (Å²) in [6, 6.07) is 0.729. The molecule has 1 N–H and O–H groups in total. The van der Waals surface area contributed by atoms with Crippen molar-refractivity contribution in [2.75, 3.05) is 13.1 Å². The average molecular weight is 155 g/mol. The Morgan fingerprint density at radius 1 is 1.36 bits per heavy atom. The smallest absolute Gasteiger partial charge is 0.0570 e. The minimum Gasteiger partial charge on any atom is -0.393 e. The van der Waals surface area contributed by atoms with Crippen LogP contribution in [-0.4, -0.2) is 35.2 Å². The zero-order chi connectivity index (χ0) is 7.84. The molecule has 0 aromatic rings. The van der Waals surface area contributed by atoms with Crippen molar-refractivity contribution in [3.63, 3.8) is 0 Å². The van der Waals surface area contributed by atoms with Crippen molar-refractivity contribution in [1.29, 1.82) is 0 Å². The number of nitrogens with zero attached hydrogens (tertiary/aromatic N) is 1. The van der Waals surface area contributed by atoms with Crippen LogP contribution in [0.4, 0.5) is 0 Å². The molecule has 0 atom stereocenters. The van der Waals surface area contributed by atoms with Crippen molar-refractivity contribution in [2.45, 2.75) is 38.3 Å². The second-order valence-corrected chi connectivity index (χ2v) is 4.01. The van der Waals surface area contributed by atoms with Crippen molar-refractivity contribution in [3.8, 4) is 0 Å². The van der Waals surface area contributed by atoms with Gasteiger partial charge in [0.2, 0.25) is 0 Å². The Morgan fingerprint density at radius 3 is 2.45 bits per heavy atom. The highest BCUT2D eigenvalue weighted by atomic mass is 16.3. The second kappa shape index (κ2) is 2.76. The van der Waals surface area contributed by atoms with E-state index in [2.05, 4.69) is 11.8 Å². The Kier molecular flexibility index (Phi) is 1.90. The van der Waals surface area contributed by atoms with Crippen LogP contribution < -0.4 is 0 Å². The Morgan fingerprint density at radius 2 is 2.00 bits per heavy atom. The zero-order valence-electron chi connectivity index (χ0n) is 7.16. The van der Waals surface area contributed by atoms with Gasteiger partial charge >= 0.3 is 0 Å². The Balaban J connectivity index is 1.67. The van der Waals surface area contributed by atoms with Gasteiger partial charge in [-0.25, -0.2) is 0 Å². The topological polar surface area (TPSA) is 23.5 Å². The first-order valence-electron chi connectivity index (χ1n) is 4.71. The second-order valence-electron chi connectivity index (χ2n) is 4.01. The van der Waals surface area contributed by atoms with Crippen molar-refractivity contribution in [2.24, 2.45) is 5.92 Å². The Hall–Kier alpha value is -0.0800. The number of hydrogen-bond donors (Lipinski definition) is 1. The summed E-state index contributed by atoms with van der Waals surface area (Å²) in [5.74, 6) is 0.952. The Bertz CT molecular complexity index is 136. The highest BCUT2D eigenvalue weighted by molar-refractivity contribution is 4.92. The maximum atomic E-state index is 9.08. The van der Waals surface area contributed by atoms with Crippen LogP contribution >= 0.6 is 0 Å². The molecule has 2 heteroatoms. The monoisotopic (exact) mass is 155 g/mol. The molecule has 1 saturated heterocycles. The van der Waals surface area contributed by atoms with Crippen molar-refractivity contribution in [3.05, 3.63) is 0 Å². The molecule has 2 fully saturated rings. The Labute approximate surface area is 68.2 Å². The number of rotatable bonds is 2. The van der Waals surface area contributed by atoms with E-state index in [4.69, 9.17) is 5.11 Å². The van der Waals surface area contributed by atoms with Crippen LogP contribution in [0.5, 0.6) is 0 Å². The molecule has 0 bridgehead atoms. The van der Waals surface area contributed by atoms with Crippen LogP contribution in [0.15, 0.2) is 0 Å². The van der Waals surface area contributed by atoms with Crippen LogP contribution in [0.3, 0.4) is 0 Å². The van der Waals surface area contributed by atoms with E-state index in [0.29, 0.717) is 0 Å². The summed E-state index contributed by atoms with van der Waals surface area (Å²) in [6.45, 7) is 4.83. The van der Waals surface area contributed by atoms with E-state index < -0.39 is 0 Å². The van der Waals surface area contributed by atoms with Crippen LogP contribution in [-0.2, 0) is 0 Å². The first-order valence-corrected chi connectivity index (χ1v) is 4.71. The molecule has 1 aliphatic carbocycles. The maximum Gasteiger partial charge on any atom is 0.0570 e. The first kappa shape index (κ1) is 7.56. The molecule has 0 spiro atoms. The van der Waals surface area contributed by atoms with Gasteiger partial charge in [0, 0.05) is 19.1 Å². The fourth-order valence-electron chi connectivity index (χ4n) is 2.02. The molecule has 0 radical (unpaired) electrons. The van der Waals surface area contributed by atoms with Crippen LogP contribution in [0, 0.1) is 5.92 Å². The largest absolute Gasteiger partial charge is 0.393 e. The molecule has 1 heterocycles. The van der Waals surface area contributed by atoms with Gasteiger partial charge in [0.15, 0.2) is 0 Å². The molecule has 0 aromatic carbocycles. The average Bonchev–Trinajstić information content (AvgIpc) is 1.81. The van der Waals surface area contributed by atoms with Gasteiger partial charge in [0.1, 0.15) is 0 Å². The summed E-state index contributed by atoms with van der Waals surface area (Å²) >= 11 is 0. The minimum atomic E-state index is 0.0145. The number of likely N-dealkylation sites (tertiary alicyclic amines) is 1. The van der Waals surface area contributed by atoms with Gasteiger partial charge in [-0.2, -0.15) is 0 Å². The minimum absolute atomic E-state index is 0.0145. The van der Waals surface area contributed by atoms with E-state index in [0.717, 1.165) is 24.8 Å². The van der Waals surface area contributed by atoms with Gasteiger partial charge in [-0.3, -0.25) is 4.90 Å². The quantitative estimate of drug-likeness (QED) is 0.639. The lowest BCUT2D eigenvalue weighted by atomic mass is 9.83. The highest BCUT2D eigenvalue weighted by Crippen LogP contribution is 2.31. The van der Waals surface area contributed by atoms with Gasteiger partial charge in [-0.15, -0.1) is 0 Å². The lowest BCUT2D eigenvalue weighted by Crippen LogP contribution is -2.57. The van der Waals surface area contributed by atoms with Gasteiger partial charge in [-0.05, 0) is 18.8 Å². The molecule has 1 aliphatic heterocycles. The molecule has 0 aromatic heterocycles. The molecule has 1 saturated carbocycles.